The highest BCUT2D eigenvalue weighted by molar-refractivity contribution is 7.16. The van der Waals surface area contributed by atoms with E-state index < -0.39 is 0 Å². The van der Waals surface area contributed by atoms with Gasteiger partial charge in [-0.3, -0.25) is 14.9 Å². The molecule has 5 nitrogen and oxygen atoms in total. The van der Waals surface area contributed by atoms with Gasteiger partial charge >= 0.3 is 0 Å². The minimum Gasteiger partial charge on any atom is -0.326 e. The SMILES string of the molecule is CC(=O)Nc1ccc(C=CC(=O)Nc2nc(-c3ccc(F)cc3)c(C)s2)cc1. The quantitative estimate of drug-likeness (QED) is 0.606. The lowest BCUT2D eigenvalue weighted by Gasteiger charge is -2.01. The second-order valence-electron chi connectivity index (χ2n) is 6.06. The van der Waals surface area contributed by atoms with Crippen molar-refractivity contribution in [2.45, 2.75) is 13.8 Å². The highest BCUT2D eigenvalue weighted by Gasteiger charge is 2.11. The normalized spacial score (nSPS) is 10.8. The molecular formula is C21H18FN3O2S. The molecule has 0 aliphatic carbocycles. The van der Waals surface area contributed by atoms with Crippen LogP contribution in [0.15, 0.2) is 54.6 Å². The van der Waals surface area contributed by atoms with Gasteiger partial charge in [0.25, 0.3) is 0 Å². The van der Waals surface area contributed by atoms with Crippen LogP contribution in [0.3, 0.4) is 0 Å². The maximum absolute atomic E-state index is 13.1. The molecule has 0 atom stereocenters. The van der Waals surface area contributed by atoms with E-state index in [-0.39, 0.29) is 17.6 Å². The van der Waals surface area contributed by atoms with Crippen LogP contribution in [0.4, 0.5) is 15.2 Å². The third kappa shape index (κ3) is 5.11. The summed E-state index contributed by atoms with van der Waals surface area (Å²) in [7, 11) is 0. The maximum Gasteiger partial charge on any atom is 0.250 e. The van der Waals surface area contributed by atoms with Gasteiger partial charge in [-0.05, 0) is 55.0 Å². The van der Waals surface area contributed by atoms with Crippen molar-refractivity contribution in [1.29, 1.82) is 0 Å². The third-order valence-corrected chi connectivity index (χ3v) is 4.69. The molecule has 7 heteroatoms. The van der Waals surface area contributed by atoms with E-state index in [0.717, 1.165) is 21.7 Å². The smallest absolute Gasteiger partial charge is 0.250 e. The number of rotatable bonds is 5. The van der Waals surface area contributed by atoms with Gasteiger partial charge in [-0.2, -0.15) is 0 Å². The van der Waals surface area contributed by atoms with Gasteiger partial charge in [-0.1, -0.05) is 12.1 Å². The van der Waals surface area contributed by atoms with Crippen molar-refractivity contribution >= 4 is 40.0 Å². The number of nitrogens with one attached hydrogen (secondary N) is 2. The summed E-state index contributed by atoms with van der Waals surface area (Å²) in [6.45, 7) is 3.35. The van der Waals surface area contributed by atoms with Crippen molar-refractivity contribution in [3.8, 4) is 11.3 Å². The molecule has 0 fully saturated rings. The van der Waals surface area contributed by atoms with Crippen molar-refractivity contribution in [2.75, 3.05) is 10.6 Å². The lowest BCUT2D eigenvalue weighted by atomic mass is 10.1. The van der Waals surface area contributed by atoms with Crippen LogP contribution in [0, 0.1) is 12.7 Å². The maximum atomic E-state index is 13.1. The number of aryl methyl sites for hydroxylation is 1. The van der Waals surface area contributed by atoms with Crippen LogP contribution in [0.25, 0.3) is 17.3 Å². The zero-order valence-electron chi connectivity index (χ0n) is 15.3. The molecule has 0 radical (unpaired) electrons. The molecule has 2 aromatic carbocycles. The Hall–Kier alpha value is -3.32. The van der Waals surface area contributed by atoms with Crippen LogP contribution in [0.1, 0.15) is 17.4 Å². The average molecular weight is 395 g/mol. The molecule has 0 spiro atoms. The first-order valence-electron chi connectivity index (χ1n) is 8.51. The van der Waals surface area contributed by atoms with Crippen molar-refractivity contribution in [1.82, 2.24) is 4.98 Å². The summed E-state index contributed by atoms with van der Waals surface area (Å²) >= 11 is 1.36. The number of hydrogen-bond acceptors (Lipinski definition) is 4. The largest absolute Gasteiger partial charge is 0.326 e. The Morgan fingerprint density at radius 2 is 1.71 bits per heavy atom. The Kier molecular flexibility index (Phi) is 5.96. The molecule has 0 unspecified atom stereocenters. The van der Waals surface area contributed by atoms with Gasteiger partial charge < -0.3 is 5.32 Å². The summed E-state index contributed by atoms with van der Waals surface area (Å²) in [6.07, 6.45) is 3.09. The number of halogens is 1. The van der Waals surface area contributed by atoms with E-state index in [1.807, 2.05) is 6.92 Å². The molecular weight excluding hydrogens is 377 g/mol. The molecule has 3 rings (SSSR count). The lowest BCUT2D eigenvalue weighted by Crippen LogP contribution is -2.07. The van der Waals surface area contributed by atoms with E-state index in [1.165, 1.54) is 36.5 Å². The number of benzene rings is 2. The van der Waals surface area contributed by atoms with E-state index in [9.17, 15) is 14.0 Å². The molecule has 0 saturated heterocycles. The van der Waals surface area contributed by atoms with Gasteiger partial charge in [-0.25, -0.2) is 9.37 Å². The minimum absolute atomic E-state index is 0.138. The van der Waals surface area contributed by atoms with Crippen LogP contribution in [0.5, 0.6) is 0 Å². The summed E-state index contributed by atoms with van der Waals surface area (Å²) in [5.41, 5.74) is 3.04. The first-order valence-corrected chi connectivity index (χ1v) is 9.32. The zero-order valence-corrected chi connectivity index (χ0v) is 16.1. The molecule has 0 saturated carbocycles. The van der Waals surface area contributed by atoms with Crippen LogP contribution in [-0.4, -0.2) is 16.8 Å². The summed E-state index contributed by atoms with van der Waals surface area (Å²) in [6, 6.07) is 13.2. The van der Waals surface area contributed by atoms with Crippen LogP contribution >= 0.6 is 11.3 Å². The zero-order chi connectivity index (χ0) is 20.1. The Morgan fingerprint density at radius 3 is 2.36 bits per heavy atom. The van der Waals surface area contributed by atoms with Crippen molar-refractivity contribution in [2.24, 2.45) is 0 Å². The number of nitrogens with zero attached hydrogens (tertiary/aromatic N) is 1. The van der Waals surface area contributed by atoms with Crippen LogP contribution in [-0.2, 0) is 9.59 Å². The second-order valence-corrected chi connectivity index (χ2v) is 7.26. The van der Waals surface area contributed by atoms with Crippen molar-refractivity contribution in [3.63, 3.8) is 0 Å². The predicted octanol–water partition coefficient (Wildman–Crippen LogP) is 4.87. The molecule has 1 heterocycles. The Balaban J connectivity index is 1.65. The fourth-order valence-electron chi connectivity index (χ4n) is 2.53. The Morgan fingerprint density at radius 1 is 1.04 bits per heavy atom. The third-order valence-electron chi connectivity index (χ3n) is 3.80. The first-order chi connectivity index (χ1) is 13.4. The molecule has 142 valence electrons. The summed E-state index contributed by atoms with van der Waals surface area (Å²) in [4.78, 5) is 28.5. The van der Waals surface area contributed by atoms with Gasteiger partial charge in [0.05, 0.1) is 5.69 Å². The standard InChI is InChI=1S/C21H18FN3O2S/c1-13-20(16-6-8-17(22)9-7-16)25-21(28-13)24-19(27)12-5-15-3-10-18(11-4-15)23-14(2)26/h3-12H,1-2H3,(H,23,26)(H,24,25,27). The number of amides is 2. The molecule has 2 N–H and O–H groups in total. The molecule has 28 heavy (non-hydrogen) atoms. The van der Waals surface area contributed by atoms with Gasteiger partial charge in [0.1, 0.15) is 5.82 Å². The number of carbonyl (C=O) groups is 2. The molecule has 2 amide bonds. The monoisotopic (exact) mass is 395 g/mol. The Labute approximate surface area is 165 Å². The number of aromatic nitrogens is 1. The van der Waals surface area contributed by atoms with E-state index in [0.29, 0.717) is 10.8 Å². The van der Waals surface area contributed by atoms with E-state index >= 15 is 0 Å². The lowest BCUT2D eigenvalue weighted by molar-refractivity contribution is -0.114. The highest BCUT2D eigenvalue weighted by Crippen LogP contribution is 2.30. The van der Waals surface area contributed by atoms with Gasteiger partial charge in [-0.15, -0.1) is 11.3 Å². The molecule has 3 aromatic rings. The summed E-state index contributed by atoms with van der Waals surface area (Å²) in [5.74, 6) is -0.743. The summed E-state index contributed by atoms with van der Waals surface area (Å²) in [5, 5.41) is 5.91. The highest BCUT2D eigenvalue weighted by atomic mass is 32.1. The molecule has 0 aliphatic rings. The van der Waals surface area contributed by atoms with Gasteiger partial charge in [0, 0.05) is 29.1 Å². The number of anilines is 2. The van der Waals surface area contributed by atoms with Gasteiger partial charge in [0.15, 0.2) is 5.13 Å². The first kappa shape index (κ1) is 19.4. The van der Waals surface area contributed by atoms with E-state index in [4.69, 9.17) is 0 Å². The second kappa shape index (κ2) is 8.58. The van der Waals surface area contributed by atoms with E-state index in [2.05, 4.69) is 15.6 Å². The van der Waals surface area contributed by atoms with E-state index in [1.54, 1.807) is 42.5 Å². The number of hydrogen-bond donors (Lipinski definition) is 2. The summed E-state index contributed by atoms with van der Waals surface area (Å²) < 4.78 is 13.1. The molecule has 1 aromatic heterocycles. The van der Waals surface area contributed by atoms with Gasteiger partial charge in [0.2, 0.25) is 11.8 Å². The van der Waals surface area contributed by atoms with Crippen LogP contribution < -0.4 is 10.6 Å². The average Bonchev–Trinajstić information content (AvgIpc) is 3.01. The minimum atomic E-state index is -0.305. The Bertz CT molecular complexity index is 1020. The van der Waals surface area contributed by atoms with Crippen LogP contribution in [0.2, 0.25) is 0 Å². The molecule has 0 bridgehead atoms. The fourth-order valence-corrected chi connectivity index (χ4v) is 3.36. The predicted molar refractivity (Wildman–Crippen MR) is 111 cm³/mol. The van der Waals surface area contributed by atoms with Crippen molar-refractivity contribution in [3.05, 3.63) is 70.9 Å². The number of carbonyl (C=O) groups excluding carboxylic acids is 2. The number of thiazole rings is 1. The fraction of sp³-hybridized carbons (Fsp3) is 0.0952. The van der Waals surface area contributed by atoms with Crippen molar-refractivity contribution < 1.29 is 14.0 Å². The molecule has 0 aliphatic heterocycles. The topological polar surface area (TPSA) is 71.1 Å².